The fourth-order valence-electron chi connectivity index (χ4n) is 3.37. The highest BCUT2D eigenvalue weighted by Gasteiger charge is 2.17. The van der Waals surface area contributed by atoms with Crippen molar-refractivity contribution in [2.75, 3.05) is 18.4 Å². The Morgan fingerprint density at radius 2 is 2.00 bits per heavy atom. The van der Waals surface area contributed by atoms with Crippen molar-refractivity contribution in [3.05, 3.63) is 83.3 Å². The molecule has 1 amide bonds. The molecule has 126 valence electrons. The molecule has 25 heavy (non-hydrogen) atoms. The molecule has 1 aliphatic carbocycles. The smallest absolute Gasteiger partial charge is 0.228 e. The summed E-state index contributed by atoms with van der Waals surface area (Å²) >= 11 is 0. The number of hydrogen-bond donors (Lipinski definition) is 1. The van der Waals surface area contributed by atoms with Crippen LogP contribution in [0.3, 0.4) is 0 Å². The van der Waals surface area contributed by atoms with Gasteiger partial charge in [0, 0.05) is 25.0 Å². The largest absolute Gasteiger partial charge is 0.371 e. The zero-order valence-corrected chi connectivity index (χ0v) is 14.1. The van der Waals surface area contributed by atoms with Crippen LogP contribution in [0.1, 0.15) is 16.7 Å². The number of anilines is 1. The van der Waals surface area contributed by atoms with Crippen LogP contribution < -0.4 is 5.32 Å². The predicted octanol–water partition coefficient (Wildman–Crippen LogP) is 3.12. The van der Waals surface area contributed by atoms with E-state index < -0.39 is 0 Å². The first-order chi connectivity index (χ1) is 12.3. The molecule has 0 spiro atoms. The lowest BCUT2D eigenvalue weighted by atomic mass is 9.98. The van der Waals surface area contributed by atoms with Gasteiger partial charge in [-0.1, -0.05) is 24.3 Å². The van der Waals surface area contributed by atoms with Crippen LogP contribution in [0.5, 0.6) is 0 Å². The number of carbonyl (C=O) groups excluding carboxylic acids is 1. The Morgan fingerprint density at radius 1 is 1.16 bits per heavy atom. The van der Waals surface area contributed by atoms with Gasteiger partial charge in [0.05, 0.1) is 18.3 Å². The van der Waals surface area contributed by atoms with E-state index in [1.165, 1.54) is 16.8 Å². The maximum atomic E-state index is 12.2. The molecular weight excluding hydrogens is 310 g/mol. The van der Waals surface area contributed by atoms with Crippen molar-refractivity contribution in [3.8, 4) is 0 Å². The zero-order valence-electron chi connectivity index (χ0n) is 14.1. The summed E-state index contributed by atoms with van der Waals surface area (Å²) in [4.78, 5) is 18.7. The first-order valence-corrected chi connectivity index (χ1v) is 8.72. The normalized spacial score (nSPS) is 15.7. The first-order valence-electron chi connectivity index (χ1n) is 8.72. The molecule has 2 heterocycles. The second kappa shape index (κ2) is 6.93. The number of rotatable bonds is 4. The molecule has 0 fully saturated rings. The van der Waals surface area contributed by atoms with Crippen molar-refractivity contribution in [1.82, 2.24) is 9.88 Å². The van der Waals surface area contributed by atoms with E-state index in [4.69, 9.17) is 0 Å². The highest BCUT2D eigenvalue weighted by atomic mass is 16.1. The summed E-state index contributed by atoms with van der Waals surface area (Å²) in [6.45, 7) is 2.10. The third kappa shape index (κ3) is 3.63. The van der Waals surface area contributed by atoms with Gasteiger partial charge in [-0.15, -0.1) is 0 Å². The van der Waals surface area contributed by atoms with Crippen LogP contribution in [-0.2, 0) is 24.1 Å². The average Bonchev–Trinajstić information content (AvgIpc) is 2.77. The van der Waals surface area contributed by atoms with Gasteiger partial charge in [-0.25, -0.2) is 0 Å². The van der Waals surface area contributed by atoms with Crippen LogP contribution in [-0.4, -0.2) is 28.9 Å². The first kappa shape index (κ1) is 15.6. The Labute approximate surface area is 147 Å². The van der Waals surface area contributed by atoms with Gasteiger partial charge in [0.15, 0.2) is 0 Å². The minimum Gasteiger partial charge on any atom is -0.371 e. The number of carbonyl (C=O) groups is 1. The van der Waals surface area contributed by atoms with Crippen molar-refractivity contribution in [2.24, 2.45) is 0 Å². The van der Waals surface area contributed by atoms with Crippen LogP contribution in [0.4, 0.5) is 5.69 Å². The molecule has 1 aromatic carbocycles. The van der Waals surface area contributed by atoms with Crippen molar-refractivity contribution in [1.29, 1.82) is 0 Å². The topological polar surface area (TPSA) is 45.2 Å². The lowest BCUT2D eigenvalue weighted by Crippen LogP contribution is -2.26. The summed E-state index contributed by atoms with van der Waals surface area (Å²) in [5.41, 5.74) is 5.92. The van der Waals surface area contributed by atoms with E-state index in [1.54, 1.807) is 12.4 Å². The maximum absolute atomic E-state index is 12.2. The summed E-state index contributed by atoms with van der Waals surface area (Å²) in [6, 6.07) is 10.1. The molecule has 0 bridgehead atoms. The number of allylic oxidation sites excluding steroid dienone is 3. The van der Waals surface area contributed by atoms with E-state index in [9.17, 15) is 4.79 Å². The van der Waals surface area contributed by atoms with Crippen molar-refractivity contribution in [3.63, 3.8) is 0 Å². The van der Waals surface area contributed by atoms with Gasteiger partial charge in [0.1, 0.15) is 0 Å². The van der Waals surface area contributed by atoms with Crippen molar-refractivity contribution < 1.29 is 4.79 Å². The standard InChI is InChI=1S/C21H21N3O/c25-21(23-19-3-2-10-22-15-19)14-16-6-7-17-8-11-24(20-4-1-5-20)12-9-18(17)13-16/h1-7,10,13,15H,8-9,11-12,14H2,(H,23,25). The number of nitrogens with one attached hydrogen (secondary N) is 1. The van der Waals surface area contributed by atoms with Gasteiger partial charge in [-0.3, -0.25) is 9.78 Å². The van der Waals surface area contributed by atoms with Crippen molar-refractivity contribution >= 4 is 11.6 Å². The van der Waals surface area contributed by atoms with Gasteiger partial charge in [0.25, 0.3) is 0 Å². The van der Waals surface area contributed by atoms with Gasteiger partial charge >= 0.3 is 0 Å². The molecule has 0 saturated heterocycles. The number of amides is 1. The molecule has 4 heteroatoms. The lowest BCUT2D eigenvalue weighted by Gasteiger charge is -2.26. The molecule has 2 aromatic rings. The molecule has 4 nitrogen and oxygen atoms in total. The Balaban J connectivity index is 1.41. The molecular formula is C21H21N3O. The van der Waals surface area contributed by atoms with E-state index in [0.29, 0.717) is 6.42 Å². The summed E-state index contributed by atoms with van der Waals surface area (Å²) in [7, 11) is 0. The van der Waals surface area contributed by atoms with E-state index >= 15 is 0 Å². The third-order valence-electron chi connectivity index (χ3n) is 4.78. The number of aromatic nitrogens is 1. The van der Waals surface area contributed by atoms with Gasteiger partial charge in [0.2, 0.25) is 5.91 Å². The fraction of sp³-hybridized carbons (Fsp3) is 0.238. The van der Waals surface area contributed by atoms with Crippen LogP contribution in [0, 0.1) is 0 Å². The number of pyridine rings is 1. The van der Waals surface area contributed by atoms with Gasteiger partial charge < -0.3 is 10.2 Å². The lowest BCUT2D eigenvalue weighted by molar-refractivity contribution is -0.115. The molecule has 2 aliphatic rings. The molecule has 0 atom stereocenters. The Kier molecular flexibility index (Phi) is 4.34. The monoisotopic (exact) mass is 331 g/mol. The molecule has 0 radical (unpaired) electrons. The maximum Gasteiger partial charge on any atom is 0.228 e. The van der Waals surface area contributed by atoms with Crippen LogP contribution in [0.2, 0.25) is 0 Å². The van der Waals surface area contributed by atoms with Gasteiger partial charge in [-0.2, -0.15) is 0 Å². The highest BCUT2D eigenvalue weighted by Crippen LogP contribution is 2.22. The van der Waals surface area contributed by atoms with E-state index in [1.807, 2.05) is 12.1 Å². The highest BCUT2D eigenvalue weighted by molar-refractivity contribution is 5.92. The average molecular weight is 331 g/mol. The molecule has 4 rings (SSSR count). The minimum atomic E-state index is -0.00652. The number of benzene rings is 1. The van der Waals surface area contributed by atoms with E-state index in [2.05, 4.69) is 51.6 Å². The summed E-state index contributed by atoms with van der Waals surface area (Å²) in [5, 5.41) is 2.90. The van der Waals surface area contributed by atoms with Crippen LogP contribution >= 0.6 is 0 Å². The third-order valence-corrected chi connectivity index (χ3v) is 4.78. The number of fused-ring (bicyclic) bond motifs is 1. The summed E-state index contributed by atoms with van der Waals surface area (Å²) < 4.78 is 0. The molecule has 1 aliphatic heterocycles. The Morgan fingerprint density at radius 3 is 2.72 bits per heavy atom. The molecule has 0 saturated carbocycles. The van der Waals surface area contributed by atoms with Crippen LogP contribution in [0.25, 0.3) is 0 Å². The molecule has 1 N–H and O–H groups in total. The SMILES string of the molecule is O=C(Cc1ccc2c(c1)CCN(C1=CC=C1)CC2)Nc1cccnc1. The molecule has 0 unspecified atom stereocenters. The van der Waals surface area contributed by atoms with Crippen LogP contribution in [0.15, 0.2) is 66.7 Å². The van der Waals surface area contributed by atoms with E-state index in [0.717, 1.165) is 37.2 Å². The number of hydrogen-bond acceptors (Lipinski definition) is 3. The molecule has 1 aromatic heterocycles. The Bertz CT molecular complexity index is 839. The van der Waals surface area contributed by atoms with Gasteiger partial charge in [-0.05, 0) is 53.8 Å². The van der Waals surface area contributed by atoms with E-state index in [-0.39, 0.29) is 5.91 Å². The number of nitrogens with zero attached hydrogens (tertiary/aromatic N) is 2. The Hall–Kier alpha value is -2.88. The predicted molar refractivity (Wildman–Crippen MR) is 99.2 cm³/mol. The fourth-order valence-corrected chi connectivity index (χ4v) is 3.37. The second-order valence-corrected chi connectivity index (χ2v) is 6.51. The summed E-state index contributed by atoms with van der Waals surface area (Å²) in [5.74, 6) is -0.00652. The summed E-state index contributed by atoms with van der Waals surface area (Å²) in [6.07, 6.45) is 12.3. The second-order valence-electron chi connectivity index (χ2n) is 6.51. The minimum absolute atomic E-state index is 0.00652. The van der Waals surface area contributed by atoms with Crippen molar-refractivity contribution in [2.45, 2.75) is 19.3 Å². The quantitative estimate of drug-likeness (QED) is 0.936. The zero-order chi connectivity index (χ0) is 17.1.